The quantitative estimate of drug-likeness (QED) is 0.0736. The topological polar surface area (TPSA) is 134 Å². The van der Waals surface area contributed by atoms with Gasteiger partial charge in [-0.1, -0.05) is 18.2 Å². The molecule has 0 spiro atoms. The third-order valence-corrected chi connectivity index (χ3v) is 7.96. The van der Waals surface area contributed by atoms with Crippen molar-refractivity contribution in [2.75, 3.05) is 0 Å². The number of aromatic hydroxyl groups is 1. The fourth-order valence-electron chi connectivity index (χ4n) is 3.95. The summed E-state index contributed by atoms with van der Waals surface area (Å²) in [6, 6.07) is 17.9. The van der Waals surface area contributed by atoms with Crippen LogP contribution in [0.15, 0.2) is 86.9 Å². The fraction of sp³-hybridized carbons (Fsp3) is 0. The summed E-state index contributed by atoms with van der Waals surface area (Å²) in [5.41, 5.74) is 1.92. The summed E-state index contributed by atoms with van der Waals surface area (Å²) >= 11 is 3.61. The minimum Gasteiger partial charge on any atom is -0.744 e. The number of rotatable bonds is 4. The van der Waals surface area contributed by atoms with Crippen molar-refractivity contribution in [3.63, 3.8) is 0 Å². The number of carbonyl (C=O) groups is 1. The molecule has 2 aliphatic rings. The van der Waals surface area contributed by atoms with Crippen molar-refractivity contribution >= 4 is 72.2 Å². The Balaban J connectivity index is 0.00000336. The maximum Gasteiger partial charge on any atom is 1.00 e. The zero-order valence-corrected chi connectivity index (χ0v) is 27.7. The summed E-state index contributed by atoms with van der Waals surface area (Å²) in [6.07, 6.45) is 0. The molecule has 0 unspecified atom stereocenters. The monoisotopic (exact) mass is 778 g/mol. The largest absolute Gasteiger partial charge is 1.00 e. The van der Waals surface area contributed by atoms with Gasteiger partial charge in [-0.05, 0) is 93.2 Å². The Bertz CT molecular complexity index is 1840. The SMILES string of the molecule is O=C(Oc1c(I)cc(S(=O)(=O)[O-])cc1I)c1ccccc1-c1c2ccc(=O)cc-2oc2cc(O)ccc12.[K+]. The van der Waals surface area contributed by atoms with E-state index in [9.17, 15) is 27.7 Å². The molecule has 1 heterocycles. The Hall–Kier alpha value is -1.37. The molecule has 0 saturated carbocycles. The van der Waals surface area contributed by atoms with Crippen molar-refractivity contribution in [1.29, 1.82) is 0 Å². The van der Waals surface area contributed by atoms with Gasteiger partial charge in [-0.15, -0.1) is 0 Å². The van der Waals surface area contributed by atoms with Crippen LogP contribution in [0.4, 0.5) is 0 Å². The predicted molar refractivity (Wildman–Crippen MR) is 151 cm³/mol. The van der Waals surface area contributed by atoms with Gasteiger partial charge in [0.25, 0.3) is 0 Å². The maximum atomic E-state index is 13.5. The molecule has 38 heavy (non-hydrogen) atoms. The second-order valence-electron chi connectivity index (χ2n) is 7.92. The average Bonchev–Trinajstić information content (AvgIpc) is 2.83. The van der Waals surface area contributed by atoms with E-state index < -0.39 is 21.0 Å². The van der Waals surface area contributed by atoms with Gasteiger partial charge in [-0.3, -0.25) is 4.79 Å². The molecule has 8 nitrogen and oxygen atoms in total. The van der Waals surface area contributed by atoms with Gasteiger partial charge in [0.05, 0.1) is 17.6 Å². The van der Waals surface area contributed by atoms with Gasteiger partial charge >= 0.3 is 57.4 Å². The van der Waals surface area contributed by atoms with Crippen LogP contribution in [0.25, 0.3) is 33.4 Å². The summed E-state index contributed by atoms with van der Waals surface area (Å²) in [5, 5.41) is 10.6. The van der Waals surface area contributed by atoms with Crippen LogP contribution in [-0.2, 0) is 10.1 Å². The number of hydrogen-bond acceptors (Lipinski definition) is 8. The molecule has 3 aromatic rings. The van der Waals surface area contributed by atoms with E-state index in [1.54, 1.807) is 81.6 Å². The second kappa shape index (κ2) is 11.6. The normalized spacial score (nSPS) is 11.3. The minimum atomic E-state index is -4.68. The number of halogens is 2. The molecule has 0 amide bonds. The third-order valence-electron chi connectivity index (χ3n) is 5.55. The molecule has 0 bridgehead atoms. The minimum absolute atomic E-state index is 0. The Morgan fingerprint density at radius 1 is 0.921 bits per heavy atom. The maximum absolute atomic E-state index is 13.5. The van der Waals surface area contributed by atoms with E-state index in [2.05, 4.69) is 0 Å². The molecule has 1 aliphatic heterocycles. The van der Waals surface area contributed by atoms with E-state index in [4.69, 9.17) is 9.15 Å². The number of carbonyl (C=O) groups excluding carboxylic acids is 1. The van der Waals surface area contributed by atoms with Crippen molar-refractivity contribution in [3.8, 4) is 33.9 Å². The van der Waals surface area contributed by atoms with Crippen molar-refractivity contribution in [1.82, 2.24) is 0 Å². The average molecular weight is 778 g/mol. The number of benzene rings is 4. The van der Waals surface area contributed by atoms with Crippen LogP contribution in [0, 0.1) is 7.14 Å². The van der Waals surface area contributed by atoms with Crippen LogP contribution in [0.1, 0.15) is 10.4 Å². The van der Waals surface area contributed by atoms with Gasteiger partial charge in [0.15, 0.2) is 11.2 Å². The van der Waals surface area contributed by atoms with Gasteiger partial charge < -0.3 is 18.8 Å². The van der Waals surface area contributed by atoms with Gasteiger partial charge in [0, 0.05) is 28.6 Å². The van der Waals surface area contributed by atoms with E-state index >= 15 is 0 Å². The summed E-state index contributed by atoms with van der Waals surface area (Å²) in [7, 11) is -4.68. The van der Waals surface area contributed by atoms with Crippen molar-refractivity contribution in [3.05, 3.63) is 95.7 Å². The molecule has 3 aromatic carbocycles. The summed E-state index contributed by atoms with van der Waals surface area (Å²) in [4.78, 5) is 25.1. The number of phenolic OH excluding ortho intramolecular Hbond substituents is 1. The van der Waals surface area contributed by atoms with E-state index in [0.29, 0.717) is 27.7 Å². The number of esters is 1. The van der Waals surface area contributed by atoms with Crippen LogP contribution >= 0.6 is 45.2 Å². The van der Waals surface area contributed by atoms with Gasteiger partial charge in [-0.2, -0.15) is 0 Å². The molecular formula is C26H13I2KO8S. The Labute approximate surface area is 286 Å². The van der Waals surface area contributed by atoms with Gasteiger partial charge in [0.1, 0.15) is 27.2 Å². The van der Waals surface area contributed by atoms with Crippen LogP contribution in [0.2, 0.25) is 0 Å². The number of hydrogen-bond donors (Lipinski definition) is 1. The molecule has 1 N–H and O–H groups in total. The number of fused-ring (bicyclic) bond motifs is 2. The summed E-state index contributed by atoms with van der Waals surface area (Å²) in [6.45, 7) is 0. The Morgan fingerprint density at radius 2 is 1.61 bits per heavy atom. The number of ether oxygens (including phenoxy) is 1. The first kappa shape index (κ1) is 29.6. The summed E-state index contributed by atoms with van der Waals surface area (Å²) < 4.78 is 46.4. The van der Waals surface area contributed by atoms with Crippen LogP contribution in [0.5, 0.6) is 11.5 Å². The molecular weight excluding hydrogens is 765 g/mol. The van der Waals surface area contributed by atoms with Gasteiger partial charge in [-0.25, -0.2) is 13.2 Å². The molecule has 0 aromatic heterocycles. The predicted octanol–water partition coefficient (Wildman–Crippen LogP) is 2.61. The zero-order chi connectivity index (χ0) is 26.5. The molecule has 0 fully saturated rings. The van der Waals surface area contributed by atoms with Crippen molar-refractivity contribution in [2.24, 2.45) is 0 Å². The molecule has 0 radical (unpaired) electrons. The standard InChI is InChI=1S/C26H14I2O8S.K/c27-20-11-15(37(32,33)34)12-21(28)25(20)36-26(31)17-4-2-1-3-16(17)24-18-7-5-13(29)9-22(18)35-23-10-14(30)6-8-19(23)24;/h1-12,29H,(H,32,33,34);/q;+1/p-1. The summed E-state index contributed by atoms with van der Waals surface area (Å²) in [5.74, 6) is -0.347. The molecule has 1 aliphatic carbocycles. The first-order valence-electron chi connectivity index (χ1n) is 10.5. The van der Waals surface area contributed by atoms with Crippen molar-refractivity contribution in [2.45, 2.75) is 4.90 Å². The molecule has 186 valence electrons. The van der Waals surface area contributed by atoms with E-state index in [1.165, 1.54) is 24.3 Å². The first-order valence-corrected chi connectivity index (χ1v) is 14.1. The Kier molecular flexibility index (Phi) is 9.05. The fourth-order valence-corrected chi connectivity index (χ4v) is 6.89. The third kappa shape index (κ3) is 5.88. The smallest absolute Gasteiger partial charge is 0.744 e. The molecule has 12 heteroatoms. The van der Waals surface area contributed by atoms with Gasteiger partial charge in [0.2, 0.25) is 0 Å². The second-order valence-corrected chi connectivity index (χ2v) is 11.6. The van der Waals surface area contributed by atoms with Crippen LogP contribution < -0.4 is 61.6 Å². The Morgan fingerprint density at radius 3 is 2.29 bits per heavy atom. The van der Waals surface area contributed by atoms with Crippen LogP contribution in [0.3, 0.4) is 0 Å². The van der Waals surface area contributed by atoms with E-state index in [0.717, 1.165) is 12.1 Å². The first-order chi connectivity index (χ1) is 17.5. The van der Waals surface area contributed by atoms with Crippen molar-refractivity contribution < 1.29 is 83.4 Å². The van der Waals surface area contributed by atoms with Crippen LogP contribution in [-0.4, -0.2) is 24.0 Å². The molecule has 0 saturated heterocycles. The van der Waals surface area contributed by atoms with E-state index in [-0.39, 0.29) is 86.8 Å². The molecule has 5 rings (SSSR count). The van der Waals surface area contributed by atoms with E-state index in [1.807, 2.05) is 0 Å². The zero-order valence-electron chi connectivity index (χ0n) is 19.4. The molecule has 0 atom stereocenters. The number of phenols is 1.